The van der Waals surface area contributed by atoms with Gasteiger partial charge >= 0.3 is 0 Å². The van der Waals surface area contributed by atoms with Crippen LogP contribution in [0.15, 0.2) is 34.9 Å². The maximum Gasteiger partial charge on any atom is 0.227 e. The first-order valence-electron chi connectivity index (χ1n) is 6.73. The van der Waals surface area contributed by atoms with E-state index in [1.54, 1.807) is 4.90 Å². The van der Waals surface area contributed by atoms with Gasteiger partial charge in [0.1, 0.15) is 5.76 Å². The first-order valence-corrected chi connectivity index (χ1v) is 6.73. The summed E-state index contributed by atoms with van der Waals surface area (Å²) in [6.45, 7) is 5.73. The van der Waals surface area contributed by atoms with E-state index in [0.29, 0.717) is 6.42 Å². The number of likely N-dealkylation sites (N-methyl/N-ethyl adjacent to an activating group) is 1. The molecule has 0 saturated heterocycles. The lowest BCUT2D eigenvalue weighted by atomic mass is 10.1. The van der Waals surface area contributed by atoms with Crippen LogP contribution in [0.2, 0.25) is 0 Å². The summed E-state index contributed by atoms with van der Waals surface area (Å²) in [7, 11) is 1.83. The van der Waals surface area contributed by atoms with E-state index in [2.05, 4.69) is 5.16 Å². The number of carbonyl (C=O) groups is 1. The summed E-state index contributed by atoms with van der Waals surface area (Å²) in [5.74, 6) is 0.785. The summed E-state index contributed by atoms with van der Waals surface area (Å²) in [5, 5.41) is 3.89. The molecule has 0 aliphatic rings. The van der Waals surface area contributed by atoms with E-state index in [0.717, 1.165) is 22.6 Å². The lowest BCUT2D eigenvalue weighted by Crippen LogP contribution is -2.31. The smallest absolute Gasteiger partial charge is 0.227 e. The van der Waals surface area contributed by atoms with E-state index < -0.39 is 0 Å². The standard InChI is InChI=1S/C16H20N2O2/c1-11-15(13(3)20-17-11)10-16(19)18(4)12(2)14-8-6-5-7-9-14/h5-9,12H,10H2,1-4H3. The lowest BCUT2D eigenvalue weighted by molar-refractivity contribution is -0.131. The van der Waals surface area contributed by atoms with Gasteiger partial charge in [0.05, 0.1) is 18.2 Å². The van der Waals surface area contributed by atoms with Crippen LogP contribution < -0.4 is 0 Å². The Balaban J connectivity index is 2.09. The predicted molar refractivity (Wildman–Crippen MR) is 77.3 cm³/mol. The van der Waals surface area contributed by atoms with E-state index in [-0.39, 0.29) is 11.9 Å². The second-order valence-corrected chi connectivity index (χ2v) is 5.07. The molecular weight excluding hydrogens is 252 g/mol. The van der Waals surface area contributed by atoms with Crippen molar-refractivity contribution < 1.29 is 9.32 Å². The van der Waals surface area contributed by atoms with E-state index in [9.17, 15) is 4.79 Å². The lowest BCUT2D eigenvalue weighted by Gasteiger charge is -2.25. The van der Waals surface area contributed by atoms with Gasteiger partial charge in [0.15, 0.2) is 0 Å². The highest BCUT2D eigenvalue weighted by Crippen LogP contribution is 2.20. The van der Waals surface area contributed by atoms with Gasteiger partial charge in [0, 0.05) is 12.6 Å². The highest BCUT2D eigenvalue weighted by molar-refractivity contribution is 5.79. The molecule has 1 atom stereocenters. The van der Waals surface area contributed by atoms with Gasteiger partial charge in [-0.15, -0.1) is 0 Å². The van der Waals surface area contributed by atoms with Crippen LogP contribution in [-0.2, 0) is 11.2 Å². The molecule has 0 fully saturated rings. The van der Waals surface area contributed by atoms with Crippen molar-refractivity contribution in [2.45, 2.75) is 33.2 Å². The summed E-state index contributed by atoms with van der Waals surface area (Å²) in [6.07, 6.45) is 0.328. The number of rotatable bonds is 4. The van der Waals surface area contributed by atoms with Crippen molar-refractivity contribution in [3.63, 3.8) is 0 Å². The number of amides is 1. The number of hydrogen-bond donors (Lipinski definition) is 0. The largest absolute Gasteiger partial charge is 0.361 e. The maximum absolute atomic E-state index is 12.4. The summed E-state index contributed by atoms with van der Waals surface area (Å²) < 4.78 is 5.10. The zero-order valence-electron chi connectivity index (χ0n) is 12.4. The fraction of sp³-hybridized carbons (Fsp3) is 0.375. The average molecular weight is 272 g/mol. The predicted octanol–water partition coefficient (Wildman–Crippen LogP) is 3.05. The molecule has 1 aromatic heterocycles. The molecule has 0 saturated carbocycles. The molecule has 4 nitrogen and oxygen atoms in total. The van der Waals surface area contributed by atoms with Crippen LogP contribution in [0.1, 0.15) is 35.5 Å². The Hall–Kier alpha value is -2.10. The minimum Gasteiger partial charge on any atom is -0.361 e. The van der Waals surface area contributed by atoms with Crippen LogP contribution >= 0.6 is 0 Å². The molecule has 1 unspecified atom stereocenters. The van der Waals surface area contributed by atoms with E-state index in [1.807, 2.05) is 58.2 Å². The van der Waals surface area contributed by atoms with E-state index in [4.69, 9.17) is 4.52 Å². The topological polar surface area (TPSA) is 46.3 Å². The van der Waals surface area contributed by atoms with Crippen molar-refractivity contribution in [1.29, 1.82) is 0 Å². The third-order valence-corrected chi connectivity index (χ3v) is 3.77. The van der Waals surface area contributed by atoms with Gasteiger partial charge in [0.2, 0.25) is 5.91 Å². The molecule has 0 N–H and O–H groups in total. The Labute approximate surface area is 119 Å². The molecule has 106 valence electrons. The Kier molecular flexibility index (Phi) is 4.23. The summed E-state index contributed by atoms with van der Waals surface area (Å²) in [4.78, 5) is 14.2. The number of aromatic nitrogens is 1. The minimum atomic E-state index is 0.0455. The van der Waals surface area contributed by atoms with Crippen LogP contribution in [0, 0.1) is 13.8 Å². The van der Waals surface area contributed by atoms with Crippen LogP contribution in [-0.4, -0.2) is 23.0 Å². The zero-order valence-corrected chi connectivity index (χ0v) is 12.4. The normalized spacial score (nSPS) is 12.2. The Morgan fingerprint density at radius 3 is 2.50 bits per heavy atom. The number of nitrogens with zero attached hydrogens (tertiary/aromatic N) is 2. The molecule has 0 bridgehead atoms. The number of hydrogen-bond acceptors (Lipinski definition) is 3. The number of benzene rings is 1. The van der Waals surface area contributed by atoms with Gasteiger partial charge in [0.25, 0.3) is 0 Å². The summed E-state index contributed by atoms with van der Waals surface area (Å²) >= 11 is 0. The Morgan fingerprint density at radius 2 is 1.95 bits per heavy atom. The Morgan fingerprint density at radius 1 is 1.30 bits per heavy atom. The molecule has 1 amide bonds. The first kappa shape index (κ1) is 14.3. The van der Waals surface area contributed by atoms with Crippen molar-refractivity contribution in [3.8, 4) is 0 Å². The van der Waals surface area contributed by atoms with Gasteiger partial charge in [-0.1, -0.05) is 35.5 Å². The van der Waals surface area contributed by atoms with Crippen molar-refractivity contribution in [2.24, 2.45) is 0 Å². The van der Waals surface area contributed by atoms with Gasteiger partial charge in [-0.05, 0) is 26.3 Å². The van der Waals surface area contributed by atoms with Gasteiger partial charge in [-0.25, -0.2) is 0 Å². The first-order chi connectivity index (χ1) is 9.50. The zero-order chi connectivity index (χ0) is 14.7. The molecule has 2 rings (SSSR count). The number of carbonyl (C=O) groups excluding carboxylic acids is 1. The van der Waals surface area contributed by atoms with Gasteiger partial charge in [-0.3, -0.25) is 4.79 Å². The molecule has 0 radical (unpaired) electrons. The van der Waals surface area contributed by atoms with Crippen LogP contribution in [0.4, 0.5) is 0 Å². The quantitative estimate of drug-likeness (QED) is 0.859. The average Bonchev–Trinajstić information content (AvgIpc) is 2.78. The Bertz CT molecular complexity index is 570. The minimum absolute atomic E-state index is 0.0455. The summed E-state index contributed by atoms with van der Waals surface area (Å²) in [5.41, 5.74) is 2.81. The highest BCUT2D eigenvalue weighted by atomic mass is 16.5. The van der Waals surface area contributed by atoms with Crippen LogP contribution in [0.3, 0.4) is 0 Å². The van der Waals surface area contributed by atoms with E-state index in [1.165, 1.54) is 0 Å². The third-order valence-electron chi connectivity index (χ3n) is 3.77. The highest BCUT2D eigenvalue weighted by Gasteiger charge is 2.20. The third kappa shape index (κ3) is 2.90. The second kappa shape index (κ2) is 5.90. The second-order valence-electron chi connectivity index (χ2n) is 5.07. The molecule has 0 spiro atoms. The monoisotopic (exact) mass is 272 g/mol. The molecule has 0 aliphatic carbocycles. The molecular formula is C16H20N2O2. The molecule has 2 aromatic rings. The summed E-state index contributed by atoms with van der Waals surface area (Å²) in [6, 6.07) is 10.1. The number of aryl methyl sites for hydroxylation is 2. The SMILES string of the molecule is Cc1noc(C)c1CC(=O)N(C)C(C)c1ccccc1. The van der Waals surface area contributed by atoms with Crippen molar-refractivity contribution in [3.05, 3.63) is 52.9 Å². The van der Waals surface area contributed by atoms with Crippen molar-refractivity contribution in [1.82, 2.24) is 10.1 Å². The molecule has 1 aromatic carbocycles. The van der Waals surface area contributed by atoms with Crippen LogP contribution in [0.25, 0.3) is 0 Å². The van der Waals surface area contributed by atoms with Crippen molar-refractivity contribution in [2.75, 3.05) is 7.05 Å². The van der Waals surface area contributed by atoms with Crippen molar-refractivity contribution >= 4 is 5.91 Å². The fourth-order valence-electron chi connectivity index (χ4n) is 2.20. The fourth-order valence-corrected chi connectivity index (χ4v) is 2.20. The molecule has 0 aliphatic heterocycles. The van der Waals surface area contributed by atoms with Gasteiger partial charge < -0.3 is 9.42 Å². The van der Waals surface area contributed by atoms with E-state index >= 15 is 0 Å². The van der Waals surface area contributed by atoms with Crippen LogP contribution in [0.5, 0.6) is 0 Å². The molecule has 20 heavy (non-hydrogen) atoms. The molecule has 1 heterocycles. The maximum atomic E-state index is 12.4. The molecule has 4 heteroatoms. The van der Waals surface area contributed by atoms with Gasteiger partial charge in [-0.2, -0.15) is 0 Å².